The number of thiazole rings is 1. The van der Waals surface area contributed by atoms with Gasteiger partial charge in [0, 0.05) is 11.1 Å². The summed E-state index contributed by atoms with van der Waals surface area (Å²) >= 11 is 1.51. The highest BCUT2D eigenvalue weighted by Crippen LogP contribution is 2.41. The predicted molar refractivity (Wildman–Crippen MR) is 73.1 cm³/mol. The Kier molecular flexibility index (Phi) is 3.75. The molecule has 4 N–H and O–H groups in total. The maximum absolute atomic E-state index is 12.3. The summed E-state index contributed by atoms with van der Waals surface area (Å²) in [6, 6.07) is -0.171. The molecule has 1 amide bonds. The van der Waals surface area contributed by atoms with Crippen molar-refractivity contribution in [3.05, 3.63) is 16.1 Å². The lowest BCUT2D eigenvalue weighted by Crippen LogP contribution is -2.54. The molecule has 6 nitrogen and oxygen atoms in total. The molecule has 1 atom stereocenters. The average molecular weight is 282 g/mol. The molecule has 0 aromatic carbocycles. The van der Waals surface area contributed by atoms with Crippen LogP contribution in [0.5, 0.6) is 0 Å². The molecule has 0 saturated heterocycles. The molecule has 0 bridgehead atoms. The fraction of sp³-hybridized carbons (Fsp3) is 0.583. The van der Waals surface area contributed by atoms with E-state index in [1.54, 1.807) is 0 Å². The van der Waals surface area contributed by atoms with E-state index < -0.39 is 5.41 Å². The average Bonchev–Trinajstić information content (AvgIpc) is 2.74. The van der Waals surface area contributed by atoms with Gasteiger partial charge in [0.15, 0.2) is 5.84 Å². The van der Waals surface area contributed by atoms with Crippen LogP contribution in [0.3, 0.4) is 0 Å². The van der Waals surface area contributed by atoms with Gasteiger partial charge in [-0.05, 0) is 26.7 Å². The van der Waals surface area contributed by atoms with Crippen molar-refractivity contribution in [3.63, 3.8) is 0 Å². The van der Waals surface area contributed by atoms with Gasteiger partial charge in [-0.3, -0.25) is 4.79 Å². The van der Waals surface area contributed by atoms with Gasteiger partial charge in [0.05, 0.1) is 6.04 Å². The van der Waals surface area contributed by atoms with Gasteiger partial charge in [-0.25, -0.2) is 4.98 Å². The van der Waals surface area contributed by atoms with Gasteiger partial charge in [-0.1, -0.05) is 11.6 Å². The predicted octanol–water partition coefficient (Wildman–Crippen LogP) is 1.55. The first-order chi connectivity index (χ1) is 8.99. The van der Waals surface area contributed by atoms with Gasteiger partial charge in [-0.2, -0.15) is 0 Å². The summed E-state index contributed by atoms with van der Waals surface area (Å²) in [5, 5.41) is 17.5. The van der Waals surface area contributed by atoms with Crippen LogP contribution in [0, 0.1) is 12.3 Å². The Morgan fingerprint density at radius 2 is 2.37 bits per heavy atom. The largest absolute Gasteiger partial charge is 0.409 e. The minimum Gasteiger partial charge on any atom is -0.409 e. The number of rotatable bonds is 4. The van der Waals surface area contributed by atoms with Gasteiger partial charge in [0.2, 0.25) is 5.91 Å². The SMILES string of the molecule is Cc1csc(C(C)NC(=O)C2(C(N)=NO)CCC2)n1. The number of nitrogens with one attached hydrogen (secondary N) is 1. The van der Waals surface area contributed by atoms with E-state index in [0.29, 0.717) is 12.8 Å². The maximum atomic E-state index is 12.3. The summed E-state index contributed by atoms with van der Waals surface area (Å²) in [6.45, 7) is 3.80. The third-order valence-electron chi connectivity index (χ3n) is 3.59. The van der Waals surface area contributed by atoms with Crippen LogP contribution in [-0.2, 0) is 4.79 Å². The Hall–Kier alpha value is -1.63. The van der Waals surface area contributed by atoms with Gasteiger partial charge in [-0.15, -0.1) is 11.3 Å². The summed E-state index contributed by atoms with van der Waals surface area (Å²) in [6.07, 6.45) is 2.16. The molecule has 1 aliphatic rings. The molecule has 19 heavy (non-hydrogen) atoms. The van der Waals surface area contributed by atoms with E-state index in [4.69, 9.17) is 10.9 Å². The lowest BCUT2D eigenvalue weighted by atomic mass is 9.67. The molecular formula is C12H18N4O2S. The number of aryl methyl sites for hydroxylation is 1. The molecule has 0 radical (unpaired) electrons. The van der Waals surface area contributed by atoms with E-state index in [1.807, 2.05) is 19.2 Å². The molecular weight excluding hydrogens is 264 g/mol. The summed E-state index contributed by atoms with van der Waals surface area (Å²) in [5.74, 6) is -0.187. The molecule has 2 rings (SSSR count). The second kappa shape index (κ2) is 5.16. The number of aromatic nitrogens is 1. The van der Waals surface area contributed by atoms with E-state index in [2.05, 4.69) is 15.5 Å². The fourth-order valence-electron chi connectivity index (χ4n) is 2.19. The summed E-state index contributed by atoms with van der Waals surface area (Å²) < 4.78 is 0. The second-order valence-electron chi connectivity index (χ2n) is 4.94. The highest BCUT2D eigenvalue weighted by Gasteiger charge is 2.48. The first-order valence-electron chi connectivity index (χ1n) is 6.20. The number of carbonyl (C=O) groups is 1. The number of nitrogens with two attached hydrogens (primary N) is 1. The topological polar surface area (TPSA) is 101 Å². The Labute approximate surface area is 115 Å². The van der Waals surface area contributed by atoms with Crippen molar-refractivity contribution in [2.45, 2.75) is 39.2 Å². The van der Waals surface area contributed by atoms with Crippen molar-refractivity contribution in [3.8, 4) is 0 Å². The molecule has 1 aromatic heterocycles. The van der Waals surface area contributed by atoms with Crippen molar-refractivity contribution in [1.29, 1.82) is 0 Å². The van der Waals surface area contributed by atoms with Crippen LogP contribution >= 0.6 is 11.3 Å². The number of oxime groups is 1. The van der Waals surface area contributed by atoms with Crippen molar-refractivity contribution in [2.75, 3.05) is 0 Å². The molecule has 1 saturated carbocycles. The second-order valence-corrected chi connectivity index (χ2v) is 5.83. The number of amidine groups is 1. The molecule has 1 aromatic rings. The Morgan fingerprint density at radius 1 is 1.68 bits per heavy atom. The molecule has 1 unspecified atom stereocenters. The minimum atomic E-state index is -0.838. The van der Waals surface area contributed by atoms with Crippen LogP contribution in [0.25, 0.3) is 0 Å². The van der Waals surface area contributed by atoms with Crippen LogP contribution < -0.4 is 11.1 Å². The molecule has 0 aliphatic heterocycles. The molecule has 1 aliphatic carbocycles. The van der Waals surface area contributed by atoms with Crippen molar-refractivity contribution < 1.29 is 10.0 Å². The van der Waals surface area contributed by atoms with E-state index in [1.165, 1.54) is 11.3 Å². The third-order valence-corrected chi connectivity index (χ3v) is 4.74. The zero-order chi connectivity index (χ0) is 14.0. The monoisotopic (exact) mass is 282 g/mol. The van der Waals surface area contributed by atoms with Gasteiger partial charge in [0.25, 0.3) is 0 Å². The Morgan fingerprint density at radius 3 is 2.79 bits per heavy atom. The van der Waals surface area contributed by atoms with E-state index in [9.17, 15) is 4.79 Å². The first-order valence-corrected chi connectivity index (χ1v) is 7.08. The van der Waals surface area contributed by atoms with E-state index >= 15 is 0 Å². The molecule has 0 spiro atoms. The minimum absolute atomic E-state index is 0.00114. The number of amides is 1. The highest BCUT2D eigenvalue weighted by atomic mass is 32.1. The van der Waals surface area contributed by atoms with Gasteiger partial charge in [0.1, 0.15) is 10.4 Å². The van der Waals surface area contributed by atoms with Gasteiger partial charge >= 0.3 is 0 Å². The summed E-state index contributed by atoms with van der Waals surface area (Å²) in [7, 11) is 0. The summed E-state index contributed by atoms with van der Waals surface area (Å²) in [4.78, 5) is 16.7. The van der Waals surface area contributed by atoms with Crippen LogP contribution in [0.1, 0.15) is 42.9 Å². The van der Waals surface area contributed by atoms with Crippen molar-refractivity contribution in [1.82, 2.24) is 10.3 Å². The van der Waals surface area contributed by atoms with Gasteiger partial charge < -0.3 is 16.3 Å². The number of nitrogens with zero attached hydrogens (tertiary/aromatic N) is 2. The van der Waals surface area contributed by atoms with E-state index in [0.717, 1.165) is 17.1 Å². The molecule has 1 heterocycles. The van der Waals surface area contributed by atoms with Crippen LogP contribution in [0.15, 0.2) is 10.5 Å². The number of hydrogen-bond acceptors (Lipinski definition) is 5. The third kappa shape index (κ3) is 2.42. The maximum Gasteiger partial charge on any atom is 0.234 e. The standard InChI is InChI=1S/C12H18N4O2S/c1-7-6-19-9(14-7)8(2)15-11(17)12(4-3-5-12)10(13)16-18/h6,8,18H,3-5H2,1-2H3,(H2,13,16)(H,15,17). The molecule has 104 valence electrons. The van der Waals surface area contributed by atoms with Crippen LogP contribution in [0.4, 0.5) is 0 Å². The number of hydrogen-bond donors (Lipinski definition) is 3. The smallest absolute Gasteiger partial charge is 0.234 e. The Balaban J connectivity index is 2.08. The molecule has 1 fully saturated rings. The highest BCUT2D eigenvalue weighted by molar-refractivity contribution is 7.09. The fourth-order valence-corrected chi connectivity index (χ4v) is 3.00. The lowest BCUT2D eigenvalue weighted by Gasteiger charge is -2.39. The summed E-state index contributed by atoms with van der Waals surface area (Å²) in [5.41, 5.74) is 5.76. The quantitative estimate of drug-likeness (QED) is 0.337. The normalized spacial score (nSPS) is 19.6. The van der Waals surface area contributed by atoms with Crippen LogP contribution in [-0.4, -0.2) is 21.9 Å². The van der Waals surface area contributed by atoms with Crippen LogP contribution in [0.2, 0.25) is 0 Å². The first kappa shape index (κ1) is 13.8. The Bertz CT molecular complexity index is 508. The van der Waals surface area contributed by atoms with Crippen molar-refractivity contribution >= 4 is 23.1 Å². The number of carbonyl (C=O) groups excluding carboxylic acids is 1. The van der Waals surface area contributed by atoms with Crippen molar-refractivity contribution in [2.24, 2.45) is 16.3 Å². The molecule has 7 heteroatoms. The zero-order valence-electron chi connectivity index (χ0n) is 11.0. The zero-order valence-corrected chi connectivity index (χ0v) is 11.8. The lowest BCUT2D eigenvalue weighted by molar-refractivity contribution is -0.131. The van der Waals surface area contributed by atoms with E-state index in [-0.39, 0.29) is 17.8 Å².